The summed E-state index contributed by atoms with van der Waals surface area (Å²) in [6.45, 7) is 1.17. The molecule has 4 heteroatoms. The van der Waals surface area contributed by atoms with Gasteiger partial charge >= 0.3 is 0 Å². The maximum atomic E-state index is 5.79. The lowest BCUT2D eigenvalue weighted by Gasteiger charge is -2.24. The molecule has 90 valence electrons. The minimum Gasteiger partial charge on any atom is -0.380 e. The molecule has 0 aliphatic carbocycles. The topological polar surface area (TPSA) is 50.5 Å². The van der Waals surface area contributed by atoms with Crippen LogP contribution >= 0.6 is 0 Å². The molecule has 0 radical (unpaired) electrons. The van der Waals surface area contributed by atoms with Crippen molar-refractivity contribution >= 4 is 0 Å². The highest BCUT2D eigenvalue weighted by atomic mass is 16.5. The highest BCUT2D eigenvalue weighted by Gasteiger charge is 2.13. The van der Waals surface area contributed by atoms with Crippen LogP contribution in [-0.4, -0.2) is 32.8 Å². The minimum absolute atomic E-state index is 0.126. The van der Waals surface area contributed by atoms with Crippen molar-refractivity contribution in [3.05, 3.63) is 35.4 Å². The largest absolute Gasteiger partial charge is 0.380 e. The van der Waals surface area contributed by atoms with Gasteiger partial charge < -0.3 is 10.5 Å². The molecule has 1 atom stereocenters. The third-order valence-electron chi connectivity index (χ3n) is 2.38. The second kappa shape index (κ2) is 6.60. The van der Waals surface area contributed by atoms with E-state index in [2.05, 4.69) is 17.6 Å². The van der Waals surface area contributed by atoms with Crippen LogP contribution < -0.4 is 11.2 Å². The smallest absolute Gasteiger partial charge is 0.0716 e. The summed E-state index contributed by atoms with van der Waals surface area (Å²) < 4.78 is 5.19. The SMILES string of the molecule is COCc1ccccc1C(CN)NN(C)C. The van der Waals surface area contributed by atoms with Crippen molar-refractivity contribution in [3.8, 4) is 0 Å². The van der Waals surface area contributed by atoms with Crippen molar-refractivity contribution in [1.82, 2.24) is 10.4 Å². The Balaban J connectivity index is 2.89. The number of ether oxygens (including phenoxy) is 1. The average Bonchev–Trinajstić information content (AvgIpc) is 2.27. The first kappa shape index (κ1) is 13.1. The Morgan fingerprint density at radius 2 is 2.06 bits per heavy atom. The number of benzene rings is 1. The maximum absolute atomic E-state index is 5.79. The second-order valence-electron chi connectivity index (χ2n) is 3.94. The van der Waals surface area contributed by atoms with Gasteiger partial charge in [-0.15, -0.1) is 0 Å². The average molecular weight is 223 g/mol. The number of nitrogens with two attached hydrogens (primary N) is 1. The van der Waals surface area contributed by atoms with Gasteiger partial charge in [0.1, 0.15) is 0 Å². The summed E-state index contributed by atoms with van der Waals surface area (Å²) in [4.78, 5) is 0. The lowest BCUT2D eigenvalue weighted by Crippen LogP contribution is -2.38. The van der Waals surface area contributed by atoms with E-state index in [1.165, 1.54) is 11.1 Å². The van der Waals surface area contributed by atoms with Crippen molar-refractivity contribution < 1.29 is 4.74 Å². The summed E-state index contributed by atoms with van der Waals surface area (Å²) >= 11 is 0. The molecule has 0 bridgehead atoms. The van der Waals surface area contributed by atoms with Crippen LogP contribution in [0.4, 0.5) is 0 Å². The molecule has 0 saturated heterocycles. The number of hydrogen-bond acceptors (Lipinski definition) is 4. The predicted octanol–water partition coefficient (Wildman–Crippen LogP) is 0.899. The number of nitrogens with one attached hydrogen (secondary N) is 1. The monoisotopic (exact) mass is 223 g/mol. The van der Waals surface area contributed by atoms with Crippen LogP contribution in [0, 0.1) is 0 Å². The van der Waals surface area contributed by atoms with Crippen LogP contribution in [0.3, 0.4) is 0 Å². The predicted molar refractivity (Wildman–Crippen MR) is 65.8 cm³/mol. The van der Waals surface area contributed by atoms with E-state index in [-0.39, 0.29) is 6.04 Å². The molecule has 0 aromatic heterocycles. The number of rotatable bonds is 6. The van der Waals surface area contributed by atoms with Crippen LogP contribution in [0.1, 0.15) is 17.2 Å². The molecule has 1 rings (SSSR count). The summed E-state index contributed by atoms with van der Waals surface area (Å²) in [5, 5.41) is 1.92. The third kappa shape index (κ3) is 3.57. The van der Waals surface area contributed by atoms with Gasteiger partial charge in [0.2, 0.25) is 0 Å². The molecule has 1 aromatic rings. The normalized spacial score (nSPS) is 13.1. The highest BCUT2D eigenvalue weighted by Crippen LogP contribution is 2.18. The van der Waals surface area contributed by atoms with Crippen LogP contribution in [0.25, 0.3) is 0 Å². The zero-order valence-electron chi connectivity index (χ0n) is 10.2. The Kier molecular flexibility index (Phi) is 5.42. The number of hydrogen-bond donors (Lipinski definition) is 2. The van der Waals surface area contributed by atoms with Crippen molar-refractivity contribution in [1.29, 1.82) is 0 Å². The fourth-order valence-corrected chi connectivity index (χ4v) is 1.72. The summed E-state index contributed by atoms with van der Waals surface area (Å²) in [5.41, 5.74) is 11.5. The Labute approximate surface area is 97.4 Å². The number of hydrazine groups is 1. The van der Waals surface area contributed by atoms with Gasteiger partial charge in [-0.3, -0.25) is 0 Å². The van der Waals surface area contributed by atoms with Gasteiger partial charge in [0.25, 0.3) is 0 Å². The van der Waals surface area contributed by atoms with Crippen molar-refractivity contribution in [2.24, 2.45) is 5.73 Å². The molecule has 1 aromatic carbocycles. The van der Waals surface area contributed by atoms with E-state index < -0.39 is 0 Å². The fraction of sp³-hybridized carbons (Fsp3) is 0.500. The zero-order valence-corrected chi connectivity index (χ0v) is 10.2. The van der Waals surface area contributed by atoms with Gasteiger partial charge in [-0.05, 0) is 11.1 Å². The van der Waals surface area contributed by atoms with E-state index >= 15 is 0 Å². The van der Waals surface area contributed by atoms with Crippen LogP contribution in [0.5, 0.6) is 0 Å². The summed E-state index contributed by atoms with van der Waals surface area (Å²) in [6.07, 6.45) is 0. The van der Waals surface area contributed by atoms with Crippen molar-refractivity contribution in [2.75, 3.05) is 27.7 Å². The first-order valence-corrected chi connectivity index (χ1v) is 5.39. The van der Waals surface area contributed by atoms with E-state index in [0.29, 0.717) is 13.2 Å². The molecular formula is C12H21N3O. The molecule has 16 heavy (non-hydrogen) atoms. The van der Waals surface area contributed by atoms with Crippen LogP contribution in [0.15, 0.2) is 24.3 Å². The summed E-state index contributed by atoms with van der Waals surface area (Å²) in [6, 6.07) is 8.32. The molecule has 0 amide bonds. The van der Waals surface area contributed by atoms with Crippen LogP contribution in [-0.2, 0) is 11.3 Å². The van der Waals surface area contributed by atoms with Crippen LogP contribution in [0.2, 0.25) is 0 Å². The standard InChI is InChI=1S/C12H21N3O/c1-15(2)14-12(8-13)11-7-5-4-6-10(11)9-16-3/h4-7,12,14H,8-9,13H2,1-3H3. The Hall–Kier alpha value is -0.940. The van der Waals surface area contributed by atoms with E-state index in [1.807, 2.05) is 31.2 Å². The molecule has 4 nitrogen and oxygen atoms in total. The molecule has 0 spiro atoms. The molecule has 3 N–H and O–H groups in total. The molecule has 0 fully saturated rings. The van der Waals surface area contributed by atoms with Gasteiger partial charge in [-0.1, -0.05) is 24.3 Å². The van der Waals surface area contributed by atoms with E-state index in [4.69, 9.17) is 10.5 Å². The maximum Gasteiger partial charge on any atom is 0.0716 e. The van der Waals surface area contributed by atoms with Gasteiger partial charge in [0.05, 0.1) is 12.6 Å². The van der Waals surface area contributed by atoms with Gasteiger partial charge in [-0.25, -0.2) is 10.4 Å². The Morgan fingerprint density at radius 1 is 1.38 bits per heavy atom. The minimum atomic E-state index is 0.126. The number of nitrogens with zero attached hydrogens (tertiary/aromatic N) is 1. The fourth-order valence-electron chi connectivity index (χ4n) is 1.72. The second-order valence-corrected chi connectivity index (χ2v) is 3.94. The van der Waals surface area contributed by atoms with E-state index in [0.717, 1.165) is 0 Å². The van der Waals surface area contributed by atoms with Gasteiger partial charge in [0, 0.05) is 27.7 Å². The summed E-state index contributed by atoms with van der Waals surface area (Å²) in [7, 11) is 5.62. The lowest BCUT2D eigenvalue weighted by molar-refractivity contribution is 0.181. The van der Waals surface area contributed by atoms with Gasteiger partial charge in [0.15, 0.2) is 0 Å². The molecule has 0 heterocycles. The van der Waals surface area contributed by atoms with Gasteiger partial charge in [-0.2, -0.15) is 0 Å². The molecular weight excluding hydrogens is 202 g/mol. The Bertz CT molecular complexity index is 315. The molecule has 0 aliphatic rings. The molecule has 0 aliphatic heterocycles. The van der Waals surface area contributed by atoms with E-state index in [9.17, 15) is 0 Å². The zero-order chi connectivity index (χ0) is 12.0. The highest BCUT2D eigenvalue weighted by molar-refractivity contribution is 5.29. The first-order valence-electron chi connectivity index (χ1n) is 5.39. The third-order valence-corrected chi connectivity index (χ3v) is 2.38. The van der Waals surface area contributed by atoms with Crippen molar-refractivity contribution in [3.63, 3.8) is 0 Å². The first-order chi connectivity index (χ1) is 7.69. The Morgan fingerprint density at radius 3 is 2.62 bits per heavy atom. The molecule has 0 saturated carbocycles. The quantitative estimate of drug-likeness (QED) is 0.704. The molecule has 1 unspecified atom stereocenters. The number of methoxy groups -OCH3 is 1. The van der Waals surface area contributed by atoms with Crippen molar-refractivity contribution in [2.45, 2.75) is 12.6 Å². The summed E-state index contributed by atoms with van der Waals surface area (Å²) in [5.74, 6) is 0. The van der Waals surface area contributed by atoms with E-state index in [1.54, 1.807) is 7.11 Å². The lowest BCUT2D eigenvalue weighted by atomic mass is 10.0.